The quantitative estimate of drug-likeness (QED) is 0.424. The lowest BCUT2D eigenvalue weighted by Crippen LogP contribution is -2.30. The Morgan fingerprint density at radius 3 is 2.64 bits per heavy atom. The highest BCUT2D eigenvalue weighted by atomic mass is 35.5. The van der Waals surface area contributed by atoms with Crippen molar-refractivity contribution in [3.05, 3.63) is 52.8 Å². The van der Waals surface area contributed by atoms with Gasteiger partial charge in [0, 0.05) is 21.9 Å². The fourth-order valence-electron chi connectivity index (χ4n) is 1.81. The number of esters is 1. The third-order valence-electron chi connectivity index (χ3n) is 3.08. The first-order valence-corrected chi connectivity index (χ1v) is 9.19. The molecule has 0 spiro atoms. The average molecular weight is 399 g/mol. The molecular weight excluding hydrogens is 383 g/mol. The summed E-state index contributed by atoms with van der Waals surface area (Å²) in [6.45, 7) is 1.50. The summed E-state index contributed by atoms with van der Waals surface area (Å²) >= 11 is 13.2. The summed E-state index contributed by atoms with van der Waals surface area (Å²) in [5.41, 5.74) is 0.371. The predicted molar refractivity (Wildman–Crippen MR) is 100 cm³/mol. The Kier molecular flexibility index (Phi) is 7.55. The molecule has 1 N–H and O–H groups in total. The van der Waals surface area contributed by atoms with E-state index in [2.05, 4.69) is 10.3 Å². The third-order valence-corrected chi connectivity index (χ3v) is 4.65. The molecule has 0 unspecified atom stereocenters. The monoisotopic (exact) mass is 398 g/mol. The number of nitrogens with one attached hydrogen (secondary N) is 1. The SMILES string of the molecule is C[C@@H](OC(=O)CCSc1ccc(Cl)cc1)C(=O)Nc1cccnc1Cl. The Balaban J connectivity index is 1.74. The van der Waals surface area contributed by atoms with Gasteiger partial charge in [0.15, 0.2) is 11.3 Å². The van der Waals surface area contributed by atoms with E-state index in [0.717, 1.165) is 4.90 Å². The van der Waals surface area contributed by atoms with E-state index in [4.69, 9.17) is 27.9 Å². The predicted octanol–water partition coefficient (Wildman–Crippen LogP) is 4.44. The first-order valence-electron chi connectivity index (χ1n) is 7.45. The summed E-state index contributed by atoms with van der Waals surface area (Å²) < 4.78 is 5.13. The number of ether oxygens (including phenoxy) is 1. The van der Waals surface area contributed by atoms with Crippen LogP contribution in [0.4, 0.5) is 5.69 Å². The Labute approximate surface area is 160 Å². The van der Waals surface area contributed by atoms with Gasteiger partial charge in [0.25, 0.3) is 5.91 Å². The van der Waals surface area contributed by atoms with Crippen LogP contribution in [0.2, 0.25) is 10.2 Å². The van der Waals surface area contributed by atoms with Gasteiger partial charge in [0.1, 0.15) is 0 Å². The van der Waals surface area contributed by atoms with Crippen LogP contribution >= 0.6 is 35.0 Å². The Hall–Kier alpha value is -1.76. The molecule has 0 radical (unpaired) electrons. The number of nitrogens with zero attached hydrogens (tertiary/aromatic N) is 1. The highest BCUT2D eigenvalue weighted by molar-refractivity contribution is 7.99. The maximum atomic E-state index is 12.0. The molecule has 0 aliphatic carbocycles. The van der Waals surface area contributed by atoms with Gasteiger partial charge in [-0.25, -0.2) is 4.98 Å². The number of hydrogen-bond acceptors (Lipinski definition) is 5. The summed E-state index contributed by atoms with van der Waals surface area (Å²) in [6, 6.07) is 10.6. The third kappa shape index (κ3) is 6.57. The van der Waals surface area contributed by atoms with Crippen molar-refractivity contribution in [3.8, 4) is 0 Å². The van der Waals surface area contributed by atoms with Gasteiger partial charge < -0.3 is 10.1 Å². The zero-order valence-corrected chi connectivity index (χ0v) is 15.7. The van der Waals surface area contributed by atoms with Gasteiger partial charge in [-0.1, -0.05) is 23.2 Å². The Bertz CT molecular complexity index is 741. The molecule has 132 valence electrons. The first kappa shape index (κ1) is 19.6. The van der Waals surface area contributed by atoms with E-state index in [1.54, 1.807) is 24.3 Å². The lowest BCUT2D eigenvalue weighted by atomic mass is 10.3. The molecule has 8 heteroatoms. The van der Waals surface area contributed by atoms with Gasteiger partial charge in [-0.2, -0.15) is 0 Å². The Morgan fingerprint density at radius 1 is 1.24 bits per heavy atom. The summed E-state index contributed by atoms with van der Waals surface area (Å²) in [7, 11) is 0. The van der Waals surface area contributed by atoms with Crippen molar-refractivity contribution < 1.29 is 14.3 Å². The van der Waals surface area contributed by atoms with Gasteiger partial charge in [0.05, 0.1) is 12.1 Å². The average Bonchev–Trinajstić information content (AvgIpc) is 2.58. The molecule has 1 aromatic heterocycles. The maximum absolute atomic E-state index is 12.0. The molecular formula is C17H16Cl2N2O3S. The van der Waals surface area contributed by atoms with E-state index in [0.29, 0.717) is 16.5 Å². The molecule has 0 aliphatic heterocycles. The number of hydrogen-bond donors (Lipinski definition) is 1. The van der Waals surface area contributed by atoms with Crippen LogP contribution in [0.3, 0.4) is 0 Å². The molecule has 0 bridgehead atoms. The number of halogens is 2. The number of rotatable bonds is 7. The lowest BCUT2D eigenvalue weighted by Gasteiger charge is -2.13. The summed E-state index contributed by atoms with van der Waals surface area (Å²) in [5.74, 6) is -0.363. The van der Waals surface area contributed by atoms with E-state index in [1.807, 2.05) is 12.1 Å². The van der Waals surface area contributed by atoms with Gasteiger partial charge in [0.2, 0.25) is 0 Å². The van der Waals surface area contributed by atoms with Crippen LogP contribution < -0.4 is 5.32 Å². The van der Waals surface area contributed by atoms with Crippen molar-refractivity contribution in [2.75, 3.05) is 11.1 Å². The minimum atomic E-state index is -0.927. The molecule has 0 fully saturated rings. The van der Waals surface area contributed by atoms with Crippen LogP contribution in [0.15, 0.2) is 47.5 Å². The van der Waals surface area contributed by atoms with Gasteiger partial charge in [-0.3, -0.25) is 9.59 Å². The van der Waals surface area contributed by atoms with Crippen LogP contribution in [0, 0.1) is 0 Å². The van der Waals surface area contributed by atoms with Crippen molar-refractivity contribution in [2.45, 2.75) is 24.3 Å². The second-order valence-corrected chi connectivity index (χ2v) is 6.98. The van der Waals surface area contributed by atoms with Crippen LogP contribution in [-0.4, -0.2) is 28.7 Å². The van der Waals surface area contributed by atoms with Crippen LogP contribution in [0.5, 0.6) is 0 Å². The summed E-state index contributed by atoms with van der Waals surface area (Å²) in [4.78, 5) is 28.7. The topological polar surface area (TPSA) is 68.3 Å². The zero-order chi connectivity index (χ0) is 18.2. The Morgan fingerprint density at radius 2 is 1.96 bits per heavy atom. The number of pyridine rings is 1. The molecule has 25 heavy (non-hydrogen) atoms. The molecule has 1 heterocycles. The lowest BCUT2D eigenvalue weighted by molar-refractivity contribution is -0.152. The molecule has 1 atom stereocenters. The number of anilines is 1. The number of thioether (sulfide) groups is 1. The number of benzene rings is 1. The number of carbonyl (C=O) groups excluding carboxylic acids is 2. The minimum Gasteiger partial charge on any atom is -0.453 e. The van der Waals surface area contributed by atoms with Crippen molar-refractivity contribution in [1.82, 2.24) is 4.98 Å². The highest BCUT2D eigenvalue weighted by Gasteiger charge is 2.18. The number of aromatic nitrogens is 1. The normalized spacial score (nSPS) is 11.6. The molecule has 2 rings (SSSR count). The molecule has 0 saturated carbocycles. The van der Waals surface area contributed by atoms with Crippen molar-refractivity contribution >= 4 is 52.5 Å². The molecule has 5 nitrogen and oxygen atoms in total. The summed E-state index contributed by atoms with van der Waals surface area (Å²) in [5, 5.41) is 3.41. The zero-order valence-electron chi connectivity index (χ0n) is 13.4. The molecule has 2 aromatic rings. The second kappa shape index (κ2) is 9.65. The van der Waals surface area contributed by atoms with Crippen molar-refractivity contribution in [2.24, 2.45) is 0 Å². The smallest absolute Gasteiger partial charge is 0.307 e. The van der Waals surface area contributed by atoms with E-state index in [9.17, 15) is 9.59 Å². The molecule has 0 saturated heterocycles. The second-order valence-electron chi connectivity index (χ2n) is 5.02. The summed E-state index contributed by atoms with van der Waals surface area (Å²) in [6.07, 6.45) is 0.780. The number of amides is 1. The van der Waals surface area contributed by atoms with Crippen LogP contribution in [0.1, 0.15) is 13.3 Å². The molecule has 1 aromatic carbocycles. The van der Waals surface area contributed by atoms with Gasteiger partial charge in [-0.15, -0.1) is 11.8 Å². The largest absolute Gasteiger partial charge is 0.453 e. The standard InChI is InChI=1S/C17H16Cl2N2O3S/c1-11(17(23)21-14-3-2-9-20-16(14)19)24-15(22)8-10-25-13-6-4-12(18)5-7-13/h2-7,9,11H,8,10H2,1H3,(H,21,23)/t11-/m1/s1. The maximum Gasteiger partial charge on any atom is 0.307 e. The van der Waals surface area contributed by atoms with Gasteiger partial charge in [-0.05, 0) is 43.3 Å². The number of carbonyl (C=O) groups is 2. The van der Waals surface area contributed by atoms with E-state index in [-0.39, 0.29) is 11.6 Å². The van der Waals surface area contributed by atoms with E-state index in [1.165, 1.54) is 24.9 Å². The molecule has 1 amide bonds. The van der Waals surface area contributed by atoms with Gasteiger partial charge >= 0.3 is 5.97 Å². The minimum absolute atomic E-state index is 0.175. The fraction of sp³-hybridized carbons (Fsp3) is 0.235. The van der Waals surface area contributed by atoms with Crippen molar-refractivity contribution in [1.29, 1.82) is 0 Å². The fourth-order valence-corrected chi connectivity index (χ4v) is 2.93. The molecule has 0 aliphatic rings. The van der Waals surface area contributed by atoms with Crippen molar-refractivity contribution in [3.63, 3.8) is 0 Å². The van der Waals surface area contributed by atoms with E-state index < -0.39 is 18.0 Å². The highest BCUT2D eigenvalue weighted by Crippen LogP contribution is 2.21. The first-order chi connectivity index (χ1) is 12.0. The van der Waals surface area contributed by atoms with Crippen LogP contribution in [0.25, 0.3) is 0 Å². The van der Waals surface area contributed by atoms with E-state index >= 15 is 0 Å². The van der Waals surface area contributed by atoms with Crippen LogP contribution in [-0.2, 0) is 14.3 Å².